The van der Waals surface area contributed by atoms with Gasteiger partial charge < -0.3 is 26.5 Å². The van der Waals surface area contributed by atoms with Crippen LogP contribution < -0.4 is 16.4 Å². The number of hydrogen-bond donors (Lipinski definition) is 5. The first-order valence-electron chi connectivity index (χ1n) is 7.37. The molecule has 0 saturated heterocycles. The molecule has 0 aliphatic heterocycles. The van der Waals surface area contributed by atoms with E-state index >= 15 is 0 Å². The fourth-order valence-corrected chi connectivity index (χ4v) is 1.89. The molecule has 3 unspecified atom stereocenters. The van der Waals surface area contributed by atoms with Gasteiger partial charge in [-0.3, -0.25) is 14.4 Å². The van der Waals surface area contributed by atoms with E-state index in [2.05, 4.69) is 20.6 Å². The molecule has 9 heteroatoms. The molecular formula is C14H23N5O4. The van der Waals surface area contributed by atoms with E-state index in [-0.39, 0.29) is 12.3 Å². The number of nitrogens with two attached hydrogens (primary N) is 1. The summed E-state index contributed by atoms with van der Waals surface area (Å²) in [5, 5.41) is 13.5. The van der Waals surface area contributed by atoms with Crippen LogP contribution in [0.4, 0.5) is 0 Å². The number of carboxylic acids is 1. The quantitative estimate of drug-likeness (QED) is 0.393. The average Bonchev–Trinajstić information content (AvgIpc) is 3.03. The highest BCUT2D eigenvalue weighted by atomic mass is 16.4. The smallest absolute Gasteiger partial charge is 0.322 e. The molecule has 0 aliphatic rings. The maximum atomic E-state index is 12.2. The first kappa shape index (κ1) is 18.6. The summed E-state index contributed by atoms with van der Waals surface area (Å²) < 4.78 is 0. The van der Waals surface area contributed by atoms with Crippen LogP contribution in [0.15, 0.2) is 12.5 Å². The Morgan fingerprint density at radius 2 is 2.09 bits per heavy atom. The van der Waals surface area contributed by atoms with Crippen LogP contribution in [-0.2, 0) is 20.8 Å². The van der Waals surface area contributed by atoms with Gasteiger partial charge in [-0.05, 0) is 5.92 Å². The number of amides is 2. The predicted molar refractivity (Wildman–Crippen MR) is 82.3 cm³/mol. The van der Waals surface area contributed by atoms with Crippen LogP contribution in [0.3, 0.4) is 0 Å². The number of nitrogens with one attached hydrogen (secondary N) is 3. The van der Waals surface area contributed by atoms with E-state index in [1.54, 1.807) is 0 Å². The normalized spacial score (nSPS) is 14.6. The summed E-state index contributed by atoms with van der Waals surface area (Å²) in [4.78, 5) is 41.5. The number of carbonyl (C=O) groups excluding carboxylic acids is 2. The largest absolute Gasteiger partial charge is 0.480 e. The lowest BCUT2D eigenvalue weighted by molar-refractivity contribution is -0.138. The van der Waals surface area contributed by atoms with Gasteiger partial charge in [-0.15, -0.1) is 0 Å². The number of nitrogens with zero attached hydrogens (tertiary/aromatic N) is 1. The van der Waals surface area contributed by atoms with Crippen molar-refractivity contribution in [1.82, 2.24) is 20.6 Å². The fourth-order valence-electron chi connectivity index (χ4n) is 1.89. The van der Waals surface area contributed by atoms with Crippen LogP contribution in [0.1, 0.15) is 26.0 Å². The van der Waals surface area contributed by atoms with Gasteiger partial charge in [-0.25, -0.2) is 4.98 Å². The second kappa shape index (κ2) is 8.89. The van der Waals surface area contributed by atoms with Gasteiger partial charge >= 0.3 is 5.97 Å². The van der Waals surface area contributed by atoms with Crippen molar-refractivity contribution in [2.75, 3.05) is 6.54 Å². The van der Waals surface area contributed by atoms with Crippen molar-refractivity contribution in [2.45, 2.75) is 38.8 Å². The van der Waals surface area contributed by atoms with Crippen LogP contribution in [0, 0.1) is 5.92 Å². The summed E-state index contributed by atoms with van der Waals surface area (Å²) in [7, 11) is 0. The third-order valence-electron chi connectivity index (χ3n) is 3.59. The molecule has 0 aliphatic carbocycles. The Morgan fingerprint density at radius 3 is 2.61 bits per heavy atom. The van der Waals surface area contributed by atoms with Gasteiger partial charge in [0.2, 0.25) is 11.8 Å². The van der Waals surface area contributed by atoms with Gasteiger partial charge in [-0.1, -0.05) is 20.3 Å². The zero-order chi connectivity index (χ0) is 17.4. The van der Waals surface area contributed by atoms with E-state index in [9.17, 15) is 14.4 Å². The first-order chi connectivity index (χ1) is 10.8. The average molecular weight is 325 g/mol. The minimum absolute atomic E-state index is 0.0371. The third-order valence-corrected chi connectivity index (χ3v) is 3.59. The van der Waals surface area contributed by atoms with Crippen molar-refractivity contribution in [3.63, 3.8) is 0 Å². The molecule has 0 spiro atoms. The Kier molecular flexibility index (Phi) is 7.20. The molecule has 0 aromatic carbocycles. The number of aliphatic carboxylic acids is 1. The van der Waals surface area contributed by atoms with Crippen LogP contribution in [0.5, 0.6) is 0 Å². The van der Waals surface area contributed by atoms with Crippen molar-refractivity contribution >= 4 is 17.8 Å². The predicted octanol–water partition coefficient (Wildman–Crippen LogP) is -0.989. The molecule has 1 aromatic heterocycles. The highest BCUT2D eigenvalue weighted by molar-refractivity contribution is 5.91. The van der Waals surface area contributed by atoms with Crippen molar-refractivity contribution in [3.8, 4) is 0 Å². The first-order valence-corrected chi connectivity index (χ1v) is 7.37. The summed E-state index contributed by atoms with van der Waals surface area (Å²) >= 11 is 0. The number of carboxylic acid groups (broad SMARTS) is 1. The van der Waals surface area contributed by atoms with Crippen LogP contribution in [0.25, 0.3) is 0 Å². The summed E-state index contributed by atoms with van der Waals surface area (Å²) in [5.74, 6) is -2.24. The van der Waals surface area contributed by atoms with Gasteiger partial charge in [-0.2, -0.15) is 0 Å². The van der Waals surface area contributed by atoms with Gasteiger partial charge in [0.15, 0.2) is 0 Å². The number of hydrogen-bond acceptors (Lipinski definition) is 5. The zero-order valence-corrected chi connectivity index (χ0v) is 13.2. The molecule has 6 N–H and O–H groups in total. The van der Waals surface area contributed by atoms with E-state index in [0.717, 1.165) is 6.42 Å². The Balaban J connectivity index is 2.75. The highest BCUT2D eigenvalue weighted by Crippen LogP contribution is 2.06. The number of carbonyl (C=O) groups is 3. The SMILES string of the molecule is CCC(C)C(N)C(=O)NC(Cc1cnc[nH]1)C(=O)NCC(=O)O. The second-order valence-corrected chi connectivity index (χ2v) is 5.37. The number of rotatable bonds is 9. The maximum absolute atomic E-state index is 12.2. The number of H-pyrrole nitrogens is 1. The summed E-state index contributed by atoms with van der Waals surface area (Å²) in [5.41, 5.74) is 6.49. The molecular weight excluding hydrogens is 302 g/mol. The Hall–Kier alpha value is -2.42. The zero-order valence-electron chi connectivity index (χ0n) is 13.2. The number of imidazole rings is 1. The van der Waals surface area contributed by atoms with E-state index < -0.39 is 36.4 Å². The summed E-state index contributed by atoms with van der Waals surface area (Å²) in [6.07, 6.45) is 3.86. The molecule has 3 atom stereocenters. The Labute approximate surface area is 134 Å². The minimum Gasteiger partial charge on any atom is -0.480 e. The monoisotopic (exact) mass is 325 g/mol. The number of aromatic amines is 1. The van der Waals surface area contributed by atoms with E-state index in [1.807, 2.05) is 13.8 Å². The van der Waals surface area contributed by atoms with E-state index in [1.165, 1.54) is 12.5 Å². The molecule has 1 aromatic rings. The Bertz CT molecular complexity index is 531. The van der Waals surface area contributed by atoms with Crippen molar-refractivity contribution < 1.29 is 19.5 Å². The topological polar surface area (TPSA) is 150 Å². The number of aromatic nitrogens is 2. The molecule has 1 rings (SSSR count). The fraction of sp³-hybridized carbons (Fsp3) is 0.571. The van der Waals surface area contributed by atoms with Gasteiger partial charge in [0, 0.05) is 18.3 Å². The molecule has 0 radical (unpaired) electrons. The molecule has 2 amide bonds. The Morgan fingerprint density at radius 1 is 1.39 bits per heavy atom. The summed E-state index contributed by atoms with van der Waals surface area (Å²) in [6.45, 7) is 3.24. The van der Waals surface area contributed by atoms with Crippen molar-refractivity contribution in [1.29, 1.82) is 0 Å². The standard InChI is InChI=1S/C14H23N5O4/c1-3-8(2)12(15)14(23)19-10(4-9-5-16-7-18-9)13(22)17-6-11(20)21/h5,7-8,10,12H,3-4,6,15H2,1-2H3,(H,16,18)(H,17,22)(H,19,23)(H,20,21). The minimum atomic E-state index is -1.17. The molecule has 0 fully saturated rings. The lowest BCUT2D eigenvalue weighted by atomic mass is 9.99. The lowest BCUT2D eigenvalue weighted by Crippen LogP contribution is -2.54. The molecule has 1 heterocycles. The van der Waals surface area contributed by atoms with Crippen LogP contribution in [-0.4, -0.2) is 51.5 Å². The van der Waals surface area contributed by atoms with Crippen molar-refractivity contribution in [2.24, 2.45) is 11.7 Å². The highest BCUT2D eigenvalue weighted by Gasteiger charge is 2.26. The van der Waals surface area contributed by atoms with Gasteiger partial charge in [0.25, 0.3) is 0 Å². The van der Waals surface area contributed by atoms with Gasteiger partial charge in [0.1, 0.15) is 12.6 Å². The van der Waals surface area contributed by atoms with Crippen LogP contribution in [0.2, 0.25) is 0 Å². The molecule has 0 bridgehead atoms. The van der Waals surface area contributed by atoms with Crippen molar-refractivity contribution in [3.05, 3.63) is 18.2 Å². The second-order valence-electron chi connectivity index (χ2n) is 5.37. The van der Waals surface area contributed by atoms with E-state index in [4.69, 9.17) is 10.8 Å². The molecule has 128 valence electrons. The third kappa shape index (κ3) is 6.07. The van der Waals surface area contributed by atoms with Gasteiger partial charge in [0.05, 0.1) is 12.4 Å². The molecule has 23 heavy (non-hydrogen) atoms. The summed E-state index contributed by atoms with van der Waals surface area (Å²) in [6, 6.07) is -1.67. The van der Waals surface area contributed by atoms with Crippen LogP contribution >= 0.6 is 0 Å². The molecule has 0 saturated carbocycles. The maximum Gasteiger partial charge on any atom is 0.322 e. The lowest BCUT2D eigenvalue weighted by Gasteiger charge is -2.22. The molecule has 9 nitrogen and oxygen atoms in total. The van der Waals surface area contributed by atoms with E-state index in [0.29, 0.717) is 5.69 Å².